The number of nitrogens with zero attached hydrogens (tertiary/aromatic N) is 2. The Balaban J connectivity index is 1.81. The van der Waals surface area contributed by atoms with Crippen molar-refractivity contribution in [3.63, 3.8) is 0 Å². The number of anilines is 1. The van der Waals surface area contributed by atoms with E-state index in [4.69, 9.17) is 0 Å². The molecule has 9 heteroatoms. The first kappa shape index (κ1) is 33.4. The normalized spacial score (nSPS) is 12.3. The molecule has 45 heavy (non-hydrogen) atoms. The summed E-state index contributed by atoms with van der Waals surface area (Å²) in [5.41, 5.74) is 2.86. The Bertz CT molecular complexity index is 1720. The third-order valence-corrected chi connectivity index (χ3v) is 9.00. The molecule has 236 valence electrons. The number of nitrogens with one attached hydrogen (secondary N) is 1. The summed E-state index contributed by atoms with van der Waals surface area (Å²) in [4.78, 5) is 29.8. The van der Waals surface area contributed by atoms with Gasteiger partial charge in [0.2, 0.25) is 11.8 Å². The lowest BCUT2D eigenvalue weighted by atomic mass is 10.0. The summed E-state index contributed by atoms with van der Waals surface area (Å²) in [5.74, 6) is -1.40. The predicted octanol–water partition coefficient (Wildman–Crippen LogP) is 6.19. The Hall–Kier alpha value is -4.50. The Kier molecular flexibility index (Phi) is 10.4. The van der Waals surface area contributed by atoms with Crippen LogP contribution in [-0.2, 0) is 32.6 Å². The maximum Gasteiger partial charge on any atom is 0.264 e. The van der Waals surface area contributed by atoms with Gasteiger partial charge in [-0.3, -0.25) is 13.9 Å². The number of hydrogen-bond donors (Lipinski definition) is 1. The lowest BCUT2D eigenvalue weighted by Gasteiger charge is -2.35. The quantitative estimate of drug-likeness (QED) is 0.214. The van der Waals surface area contributed by atoms with Gasteiger partial charge in [0.1, 0.15) is 18.4 Å². The highest BCUT2D eigenvalue weighted by Crippen LogP contribution is 2.26. The third-order valence-electron chi connectivity index (χ3n) is 7.21. The minimum Gasteiger partial charge on any atom is -0.350 e. The second-order valence-corrected chi connectivity index (χ2v) is 14.1. The minimum absolute atomic E-state index is 0.0406. The first-order valence-corrected chi connectivity index (χ1v) is 16.2. The average Bonchev–Trinajstić information content (AvgIpc) is 2.98. The standard InChI is InChI=1S/C36H40FN3O4S/c1-26-14-20-32(21-15-26)45(43,44)40(31-13-9-10-27(2)22-31)25-34(41)39(24-29-16-18-30(37)19-17-29)33(35(42)38-36(3,4)5)23-28-11-7-6-8-12-28/h6-22,33H,23-25H2,1-5H3,(H,38,42). The number of rotatable bonds is 11. The number of benzene rings is 4. The van der Waals surface area contributed by atoms with E-state index < -0.39 is 39.9 Å². The molecule has 0 saturated carbocycles. The molecule has 4 aromatic carbocycles. The van der Waals surface area contributed by atoms with Gasteiger partial charge < -0.3 is 10.2 Å². The summed E-state index contributed by atoms with van der Waals surface area (Å²) in [6, 6.07) is 27.4. The van der Waals surface area contributed by atoms with Gasteiger partial charge in [0.05, 0.1) is 10.6 Å². The number of aryl methyl sites for hydroxylation is 2. The van der Waals surface area contributed by atoms with Crippen LogP contribution in [-0.4, -0.2) is 43.3 Å². The molecule has 0 aliphatic carbocycles. The summed E-state index contributed by atoms with van der Waals surface area (Å²) in [7, 11) is -4.19. The zero-order valence-corrected chi connectivity index (χ0v) is 27.1. The minimum atomic E-state index is -4.19. The fraction of sp³-hybridized carbons (Fsp3) is 0.278. The molecule has 1 unspecified atom stereocenters. The van der Waals surface area contributed by atoms with Crippen LogP contribution in [0.5, 0.6) is 0 Å². The molecule has 0 bridgehead atoms. The van der Waals surface area contributed by atoms with Crippen molar-refractivity contribution in [2.45, 2.75) is 64.1 Å². The first-order chi connectivity index (χ1) is 21.2. The van der Waals surface area contributed by atoms with Gasteiger partial charge >= 0.3 is 0 Å². The Morgan fingerprint density at radius 3 is 2.04 bits per heavy atom. The molecule has 2 amide bonds. The highest BCUT2D eigenvalue weighted by atomic mass is 32.2. The van der Waals surface area contributed by atoms with E-state index in [0.29, 0.717) is 11.3 Å². The van der Waals surface area contributed by atoms with E-state index in [2.05, 4.69) is 5.32 Å². The molecule has 0 aromatic heterocycles. The maximum atomic E-state index is 14.5. The van der Waals surface area contributed by atoms with Crippen LogP contribution in [0, 0.1) is 19.7 Å². The van der Waals surface area contributed by atoms with Crippen LogP contribution < -0.4 is 9.62 Å². The largest absolute Gasteiger partial charge is 0.350 e. The maximum absolute atomic E-state index is 14.5. The molecule has 0 radical (unpaired) electrons. The molecule has 7 nitrogen and oxygen atoms in total. The Morgan fingerprint density at radius 1 is 0.800 bits per heavy atom. The molecule has 0 fully saturated rings. The smallest absolute Gasteiger partial charge is 0.264 e. The van der Waals surface area contributed by atoms with E-state index in [-0.39, 0.29) is 23.8 Å². The lowest BCUT2D eigenvalue weighted by Crippen LogP contribution is -2.56. The van der Waals surface area contributed by atoms with Crippen LogP contribution in [0.1, 0.15) is 43.0 Å². The molecule has 0 aliphatic rings. The molecule has 0 heterocycles. The second kappa shape index (κ2) is 14.1. The third kappa shape index (κ3) is 9.01. The molecular weight excluding hydrogens is 589 g/mol. The summed E-state index contributed by atoms with van der Waals surface area (Å²) in [5, 5.41) is 3.00. The molecule has 4 rings (SSSR count). The molecule has 4 aromatic rings. The number of carbonyl (C=O) groups excluding carboxylic acids is 2. The lowest BCUT2D eigenvalue weighted by molar-refractivity contribution is -0.140. The monoisotopic (exact) mass is 629 g/mol. The Labute approximate surface area is 265 Å². The molecule has 0 spiro atoms. The van der Waals surface area contributed by atoms with Crippen LogP contribution in [0.3, 0.4) is 0 Å². The SMILES string of the molecule is Cc1ccc(S(=O)(=O)N(CC(=O)N(Cc2ccc(F)cc2)C(Cc2ccccc2)C(=O)NC(C)(C)C)c2cccc(C)c2)cc1. The van der Waals surface area contributed by atoms with E-state index in [0.717, 1.165) is 21.0 Å². The van der Waals surface area contributed by atoms with Gasteiger partial charge in [-0.25, -0.2) is 12.8 Å². The van der Waals surface area contributed by atoms with Crippen molar-refractivity contribution in [2.24, 2.45) is 0 Å². The van der Waals surface area contributed by atoms with Crippen molar-refractivity contribution < 1.29 is 22.4 Å². The van der Waals surface area contributed by atoms with Gasteiger partial charge in [-0.2, -0.15) is 0 Å². The fourth-order valence-electron chi connectivity index (χ4n) is 4.94. The summed E-state index contributed by atoms with van der Waals surface area (Å²) >= 11 is 0. The number of amides is 2. The summed E-state index contributed by atoms with van der Waals surface area (Å²) < 4.78 is 43.2. The summed E-state index contributed by atoms with van der Waals surface area (Å²) in [6.45, 7) is 8.66. The molecule has 0 saturated heterocycles. The average molecular weight is 630 g/mol. The van der Waals surface area contributed by atoms with Crippen LogP contribution in [0.2, 0.25) is 0 Å². The van der Waals surface area contributed by atoms with Gasteiger partial charge in [0.15, 0.2) is 0 Å². The summed E-state index contributed by atoms with van der Waals surface area (Å²) in [6.07, 6.45) is 0.185. The van der Waals surface area contributed by atoms with Gasteiger partial charge in [0, 0.05) is 18.5 Å². The topological polar surface area (TPSA) is 86.8 Å². The first-order valence-electron chi connectivity index (χ1n) is 14.8. The molecular formula is C36H40FN3O4S. The van der Waals surface area contributed by atoms with Gasteiger partial charge in [-0.1, -0.05) is 72.3 Å². The van der Waals surface area contributed by atoms with Crippen molar-refractivity contribution in [2.75, 3.05) is 10.8 Å². The zero-order chi connectivity index (χ0) is 32.8. The van der Waals surface area contributed by atoms with Crippen molar-refractivity contribution >= 4 is 27.5 Å². The van der Waals surface area contributed by atoms with Gasteiger partial charge in [-0.15, -0.1) is 0 Å². The van der Waals surface area contributed by atoms with E-state index in [1.54, 1.807) is 42.5 Å². The van der Waals surface area contributed by atoms with E-state index in [1.807, 2.05) is 71.0 Å². The van der Waals surface area contributed by atoms with Crippen LogP contribution >= 0.6 is 0 Å². The highest BCUT2D eigenvalue weighted by Gasteiger charge is 2.35. The molecule has 0 aliphatic heterocycles. The van der Waals surface area contributed by atoms with E-state index in [9.17, 15) is 22.4 Å². The molecule has 1 N–H and O–H groups in total. The number of carbonyl (C=O) groups is 2. The van der Waals surface area contributed by atoms with Gasteiger partial charge in [-0.05, 0) is 87.7 Å². The fourth-order valence-corrected chi connectivity index (χ4v) is 6.35. The van der Waals surface area contributed by atoms with E-state index >= 15 is 0 Å². The number of hydrogen-bond acceptors (Lipinski definition) is 4. The van der Waals surface area contributed by atoms with Gasteiger partial charge in [0.25, 0.3) is 10.0 Å². The zero-order valence-electron chi connectivity index (χ0n) is 26.3. The van der Waals surface area contributed by atoms with Crippen LogP contribution in [0.15, 0.2) is 108 Å². The molecule has 1 atom stereocenters. The highest BCUT2D eigenvalue weighted by molar-refractivity contribution is 7.92. The van der Waals surface area contributed by atoms with Crippen LogP contribution in [0.25, 0.3) is 0 Å². The van der Waals surface area contributed by atoms with Crippen molar-refractivity contribution in [1.29, 1.82) is 0 Å². The van der Waals surface area contributed by atoms with Crippen molar-refractivity contribution in [1.82, 2.24) is 10.2 Å². The van der Waals surface area contributed by atoms with Crippen LogP contribution in [0.4, 0.5) is 10.1 Å². The second-order valence-electron chi connectivity index (χ2n) is 12.3. The van der Waals surface area contributed by atoms with Crippen molar-refractivity contribution in [3.8, 4) is 0 Å². The number of sulfonamides is 1. The Morgan fingerprint density at radius 2 is 1.44 bits per heavy atom. The predicted molar refractivity (Wildman–Crippen MR) is 176 cm³/mol. The number of halogens is 1. The van der Waals surface area contributed by atoms with E-state index in [1.165, 1.54) is 29.2 Å². The van der Waals surface area contributed by atoms with Crippen molar-refractivity contribution in [3.05, 3.63) is 131 Å².